The number of benzene rings is 2. The summed E-state index contributed by atoms with van der Waals surface area (Å²) in [6, 6.07) is 20.4. The first-order valence-electron chi connectivity index (χ1n) is 9.82. The molecule has 0 radical (unpaired) electrons. The zero-order valence-electron chi connectivity index (χ0n) is 17.0. The summed E-state index contributed by atoms with van der Waals surface area (Å²) in [6.45, 7) is 2.09. The third-order valence-corrected chi connectivity index (χ3v) is 5.50. The van der Waals surface area contributed by atoms with E-state index in [0.29, 0.717) is 12.0 Å². The lowest BCUT2D eigenvalue weighted by molar-refractivity contribution is 0.0977. The number of nitrogens with one attached hydrogen (secondary N) is 1. The van der Waals surface area contributed by atoms with Crippen molar-refractivity contribution >= 4 is 22.4 Å². The van der Waals surface area contributed by atoms with Crippen LogP contribution in [0.5, 0.6) is 0 Å². The largest absolute Gasteiger partial charge is 0.378 e. The van der Waals surface area contributed by atoms with Crippen molar-refractivity contribution in [2.75, 3.05) is 19.0 Å². The Balaban J connectivity index is 1.80. The van der Waals surface area contributed by atoms with Gasteiger partial charge in [-0.3, -0.25) is 9.78 Å². The molecule has 0 aliphatic carbocycles. The average Bonchev–Trinajstić information content (AvgIpc) is 3.08. The van der Waals surface area contributed by atoms with Gasteiger partial charge in [-0.05, 0) is 48.4 Å². The van der Waals surface area contributed by atoms with Crippen molar-refractivity contribution < 1.29 is 4.79 Å². The van der Waals surface area contributed by atoms with Gasteiger partial charge in [0.15, 0.2) is 5.78 Å². The molecule has 1 unspecified atom stereocenters. The van der Waals surface area contributed by atoms with Gasteiger partial charge in [-0.25, -0.2) is 0 Å². The number of aromatic amines is 1. The molecule has 0 aliphatic rings. The van der Waals surface area contributed by atoms with Crippen molar-refractivity contribution in [3.05, 3.63) is 95.4 Å². The first-order valence-corrected chi connectivity index (χ1v) is 9.82. The highest BCUT2D eigenvalue weighted by atomic mass is 16.1. The number of ketones is 1. The molecule has 2 heterocycles. The first-order chi connectivity index (χ1) is 14.0. The average molecular weight is 383 g/mol. The maximum atomic E-state index is 13.1. The summed E-state index contributed by atoms with van der Waals surface area (Å²) in [4.78, 5) is 22.7. The van der Waals surface area contributed by atoms with Gasteiger partial charge in [0, 0.05) is 66.7 Å². The minimum atomic E-state index is -0.0250. The minimum Gasteiger partial charge on any atom is -0.378 e. The van der Waals surface area contributed by atoms with E-state index in [1.807, 2.05) is 20.2 Å². The number of rotatable bonds is 6. The summed E-state index contributed by atoms with van der Waals surface area (Å²) in [5.74, 6) is 0.0989. The van der Waals surface area contributed by atoms with Crippen molar-refractivity contribution in [2.24, 2.45) is 0 Å². The number of Topliss-reactive ketones (excluding diaryl/α,β-unsaturated/α-hetero) is 1. The molecule has 1 atom stereocenters. The number of anilines is 1. The Morgan fingerprint density at radius 1 is 1.00 bits per heavy atom. The summed E-state index contributed by atoms with van der Waals surface area (Å²) in [6.07, 6.45) is 3.75. The number of aryl methyl sites for hydroxylation is 1. The lowest BCUT2D eigenvalue weighted by atomic mass is 9.84. The van der Waals surface area contributed by atoms with Gasteiger partial charge in [-0.2, -0.15) is 0 Å². The zero-order valence-corrected chi connectivity index (χ0v) is 17.0. The predicted molar refractivity (Wildman–Crippen MR) is 119 cm³/mol. The third-order valence-electron chi connectivity index (χ3n) is 5.50. The Morgan fingerprint density at radius 2 is 1.69 bits per heavy atom. The summed E-state index contributed by atoms with van der Waals surface area (Å²) in [7, 11) is 4.06. The van der Waals surface area contributed by atoms with Crippen LogP contribution in [0.15, 0.2) is 73.1 Å². The second kappa shape index (κ2) is 7.92. The molecular formula is C25H25N3O. The van der Waals surface area contributed by atoms with Gasteiger partial charge in [0.05, 0.1) is 0 Å². The fourth-order valence-corrected chi connectivity index (χ4v) is 3.98. The van der Waals surface area contributed by atoms with Gasteiger partial charge in [0.2, 0.25) is 0 Å². The van der Waals surface area contributed by atoms with E-state index in [0.717, 1.165) is 22.5 Å². The second-order valence-corrected chi connectivity index (χ2v) is 7.61. The highest BCUT2D eigenvalue weighted by Crippen LogP contribution is 2.37. The lowest BCUT2D eigenvalue weighted by Gasteiger charge is -2.20. The predicted octanol–water partition coefficient (Wildman–Crippen LogP) is 5.34. The molecule has 4 heteroatoms. The Bertz CT molecular complexity index is 1130. The van der Waals surface area contributed by atoms with E-state index in [-0.39, 0.29) is 11.7 Å². The zero-order chi connectivity index (χ0) is 20.4. The number of hydrogen-bond acceptors (Lipinski definition) is 3. The van der Waals surface area contributed by atoms with E-state index in [9.17, 15) is 4.79 Å². The molecule has 0 fully saturated rings. The number of carbonyl (C=O) groups excluding carboxylic acids is 1. The maximum absolute atomic E-state index is 13.1. The van der Waals surface area contributed by atoms with Crippen molar-refractivity contribution in [1.82, 2.24) is 9.97 Å². The fourth-order valence-electron chi connectivity index (χ4n) is 3.98. The molecule has 4 aromatic rings. The van der Waals surface area contributed by atoms with Crippen molar-refractivity contribution in [3.8, 4) is 0 Å². The number of H-pyrrole nitrogens is 1. The molecule has 0 saturated heterocycles. The number of para-hydroxylation sites is 1. The quantitative estimate of drug-likeness (QED) is 0.457. The van der Waals surface area contributed by atoms with Crippen LogP contribution < -0.4 is 4.90 Å². The van der Waals surface area contributed by atoms with Crippen molar-refractivity contribution in [3.63, 3.8) is 0 Å². The van der Waals surface area contributed by atoms with Crippen LogP contribution in [0.2, 0.25) is 0 Å². The minimum absolute atomic E-state index is 0.0250. The SMILES string of the molecule is Cc1[nH]c2ccccc2c1C(CC(=O)c1ccncc1)c1ccc(N(C)C)cc1. The van der Waals surface area contributed by atoms with Crippen molar-refractivity contribution in [2.45, 2.75) is 19.3 Å². The molecular weight excluding hydrogens is 358 g/mol. The van der Waals surface area contributed by atoms with E-state index in [2.05, 4.69) is 64.3 Å². The summed E-state index contributed by atoms with van der Waals surface area (Å²) in [5.41, 5.74) is 6.39. The summed E-state index contributed by atoms with van der Waals surface area (Å²) >= 11 is 0. The summed E-state index contributed by atoms with van der Waals surface area (Å²) in [5, 5.41) is 1.18. The molecule has 2 aromatic heterocycles. The molecule has 0 aliphatic heterocycles. The topological polar surface area (TPSA) is 49.0 Å². The van der Waals surface area contributed by atoms with Gasteiger partial charge >= 0.3 is 0 Å². The molecule has 29 heavy (non-hydrogen) atoms. The normalized spacial score (nSPS) is 12.1. The molecule has 0 bridgehead atoms. The monoisotopic (exact) mass is 383 g/mol. The van der Waals surface area contributed by atoms with Crippen LogP contribution >= 0.6 is 0 Å². The standard InChI is InChI=1S/C25H25N3O/c1-17-25(21-6-4-5-7-23(21)27-17)22(16-24(29)19-12-14-26-15-13-19)18-8-10-20(11-9-18)28(2)3/h4-15,22,27H,16H2,1-3H3. The van der Waals surface area contributed by atoms with Gasteiger partial charge in [-0.15, -0.1) is 0 Å². The number of hydrogen-bond donors (Lipinski definition) is 1. The van der Waals surface area contributed by atoms with E-state index in [1.54, 1.807) is 24.5 Å². The van der Waals surface area contributed by atoms with Crippen LogP contribution in [0.4, 0.5) is 5.69 Å². The van der Waals surface area contributed by atoms with E-state index < -0.39 is 0 Å². The van der Waals surface area contributed by atoms with Gasteiger partial charge in [0.1, 0.15) is 0 Å². The van der Waals surface area contributed by atoms with Crippen molar-refractivity contribution in [1.29, 1.82) is 0 Å². The molecule has 0 saturated carbocycles. The van der Waals surface area contributed by atoms with E-state index in [4.69, 9.17) is 0 Å². The molecule has 1 N–H and O–H groups in total. The van der Waals surface area contributed by atoms with Crippen LogP contribution in [-0.2, 0) is 0 Å². The number of nitrogens with zero attached hydrogens (tertiary/aromatic N) is 2. The molecule has 4 nitrogen and oxygen atoms in total. The Labute approximate surface area is 171 Å². The van der Waals surface area contributed by atoms with Crippen LogP contribution in [0.1, 0.15) is 39.5 Å². The Hall–Kier alpha value is -3.40. The molecule has 2 aromatic carbocycles. The smallest absolute Gasteiger partial charge is 0.163 e. The molecule has 146 valence electrons. The number of carbonyl (C=O) groups is 1. The third kappa shape index (κ3) is 3.79. The first kappa shape index (κ1) is 18.9. The molecule has 0 spiro atoms. The van der Waals surface area contributed by atoms with E-state index in [1.165, 1.54) is 10.9 Å². The van der Waals surface area contributed by atoms with Crippen LogP contribution in [0, 0.1) is 6.92 Å². The van der Waals surface area contributed by atoms with Gasteiger partial charge < -0.3 is 9.88 Å². The van der Waals surface area contributed by atoms with E-state index >= 15 is 0 Å². The Morgan fingerprint density at radius 3 is 2.38 bits per heavy atom. The van der Waals surface area contributed by atoms with Gasteiger partial charge in [0.25, 0.3) is 0 Å². The molecule has 4 rings (SSSR count). The highest BCUT2D eigenvalue weighted by Gasteiger charge is 2.24. The molecule has 0 amide bonds. The highest BCUT2D eigenvalue weighted by molar-refractivity contribution is 5.97. The lowest BCUT2D eigenvalue weighted by Crippen LogP contribution is -2.11. The second-order valence-electron chi connectivity index (χ2n) is 7.61. The maximum Gasteiger partial charge on any atom is 0.163 e. The van der Waals surface area contributed by atoms with Crippen LogP contribution in [0.3, 0.4) is 0 Å². The number of fused-ring (bicyclic) bond motifs is 1. The number of aromatic nitrogens is 2. The summed E-state index contributed by atoms with van der Waals surface area (Å²) < 4.78 is 0. The van der Waals surface area contributed by atoms with Gasteiger partial charge in [-0.1, -0.05) is 30.3 Å². The Kier molecular flexibility index (Phi) is 5.17. The van der Waals surface area contributed by atoms with Crippen LogP contribution in [0.25, 0.3) is 10.9 Å². The number of pyridine rings is 1. The van der Waals surface area contributed by atoms with Crippen LogP contribution in [-0.4, -0.2) is 29.8 Å². The fraction of sp³-hybridized carbons (Fsp3) is 0.200.